The normalized spacial score (nSPS) is 14.7. The van der Waals surface area contributed by atoms with E-state index in [-0.39, 0.29) is 22.3 Å². The van der Waals surface area contributed by atoms with Gasteiger partial charge < -0.3 is 5.32 Å². The van der Waals surface area contributed by atoms with Crippen molar-refractivity contribution in [3.05, 3.63) is 34.6 Å². The van der Waals surface area contributed by atoms with Crippen LogP contribution in [0, 0.1) is 28.5 Å². The Labute approximate surface area is 125 Å². The van der Waals surface area contributed by atoms with Crippen LogP contribution < -0.4 is 5.32 Å². The second kappa shape index (κ2) is 7.06. The molecule has 20 heavy (non-hydrogen) atoms. The maximum Gasteiger partial charge on any atom is 0.145 e. The smallest absolute Gasteiger partial charge is 0.145 e. The minimum Gasteiger partial charge on any atom is -0.319 e. The van der Waals surface area contributed by atoms with Crippen LogP contribution in [0.4, 0.5) is 4.39 Å². The Morgan fingerprint density at radius 2 is 2.05 bits per heavy atom. The van der Waals surface area contributed by atoms with Crippen LogP contribution in [0.3, 0.4) is 0 Å². The number of nitrogens with zero attached hydrogens (tertiary/aromatic N) is 1. The van der Waals surface area contributed by atoms with E-state index in [1.54, 1.807) is 19.2 Å². The van der Waals surface area contributed by atoms with E-state index in [9.17, 15) is 9.65 Å². The number of nitrogens with one attached hydrogen (secondary N) is 1. The maximum atomic E-state index is 14.2. The van der Waals surface area contributed by atoms with Gasteiger partial charge in [0.15, 0.2) is 0 Å². The fraction of sp³-hybridized carbons (Fsp3) is 0.562. The highest BCUT2D eigenvalue weighted by molar-refractivity contribution is 6.30. The van der Waals surface area contributed by atoms with Gasteiger partial charge in [-0.3, -0.25) is 0 Å². The molecule has 0 aliphatic heterocycles. The Kier molecular flexibility index (Phi) is 5.98. The van der Waals surface area contributed by atoms with Crippen LogP contribution in [0.5, 0.6) is 0 Å². The molecule has 0 aliphatic rings. The number of likely N-dealkylation sites (N-methyl/N-ethyl adjacent to an activating group) is 1. The summed E-state index contributed by atoms with van der Waals surface area (Å²) in [5, 5.41) is 12.6. The maximum absolute atomic E-state index is 14.2. The lowest BCUT2D eigenvalue weighted by atomic mass is 9.76. The van der Waals surface area contributed by atoms with Gasteiger partial charge in [0, 0.05) is 12.5 Å². The summed E-state index contributed by atoms with van der Waals surface area (Å²) in [5.74, 6) is -0.873. The fourth-order valence-corrected chi connectivity index (χ4v) is 2.62. The van der Waals surface area contributed by atoms with Gasteiger partial charge in [-0.25, -0.2) is 4.39 Å². The van der Waals surface area contributed by atoms with Crippen LogP contribution in [0.15, 0.2) is 18.2 Å². The molecule has 0 saturated carbocycles. The van der Waals surface area contributed by atoms with Gasteiger partial charge in [0.2, 0.25) is 0 Å². The summed E-state index contributed by atoms with van der Waals surface area (Å²) in [6.45, 7) is 6.80. The molecule has 0 fully saturated rings. The first-order valence-corrected chi connectivity index (χ1v) is 7.16. The Hall–Kier alpha value is -1.11. The molecule has 0 radical (unpaired) electrons. The summed E-state index contributed by atoms with van der Waals surface area (Å²) in [6.07, 6.45) is 0.710. The van der Waals surface area contributed by atoms with Gasteiger partial charge in [0.25, 0.3) is 0 Å². The third kappa shape index (κ3) is 4.47. The van der Waals surface area contributed by atoms with Gasteiger partial charge in [-0.1, -0.05) is 44.5 Å². The molecule has 2 unspecified atom stereocenters. The van der Waals surface area contributed by atoms with E-state index in [4.69, 9.17) is 11.6 Å². The molecule has 0 spiro atoms. The lowest BCUT2D eigenvalue weighted by Crippen LogP contribution is -2.27. The van der Waals surface area contributed by atoms with E-state index < -0.39 is 5.82 Å². The third-order valence-corrected chi connectivity index (χ3v) is 3.58. The number of benzene rings is 1. The first kappa shape index (κ1) is 16.9. The van der Waals surface area contributed by atoms with Crippen LogP contribution in [-0.4, -0.2) is 13.6 Å². The van der Waals surface area contributed by atoms with Gasteiger partial charge in [0.1, 0.15) is 5.82 Å². The monoisotopic (exact) mass is 296 g/mol. The predicted molar refractivity (Wildman–Crippen MR) is 81.3 cm³/mol. The first-order valence-electron chi connectivity index (χ1n) is 6.78. The van der Waals surface area contributed by atoms with Crippen molar-refractivity contribution in [3.63, 3.8) is 0 Å². The molecule has 0 bridgehead atoms. The molecule has 2 nitrogen and oxygen atoms in total. The first-order chi connectivity index (χ1) is 9.30. The van der Waals surface area contributed by atoms with E-state index in [1.165, 1.54) is 6.07 Å². The summed E-state index contributed by atoms with van der Waals surface area (Å²) in [7, 11) is 1.81. The van der Waals surface area contributed by atoms with E-state index >= 15 is 0 Å². The molecule has 1 rings (SSSR count). The summed E-state index contributed by atoms with van der Waals surface area (Å²) in [5.41, 5.74) is 0.532. The van der Waals surface area contributed by atoms with E-state index in [0.29, 0.717) is 18.5 Å². The molecule has 0 heterocycles. The molecule has 0 aromatic heterocycles. The summed E-state index contributed by atoms with van der Waals surface area (Å²) in [6, 6.07) is 7.32. The molecular weight excluding hydrogens is 275 g/mol. The van der Waals surface area contributed by atoms with Crippen molar-refractivity contribution in [3.8, 4) is 6.07 Å². The van der Waals surface area contributed by atoms with E-state index in [0.717, 1.165) is 0 Å². The van der Waals surface area contributed by atoms with Crippen molar-refractivity contribution >= 4 is 11.6 Å². The summed E-state index contributed by atoms with van der Waals surface area (Å²) < 4.78 is 14.2. The topological polar surface area (TPSA) is 35.8 Å². The van der Waals surface area contributed by atoms with Crippen molar-refractivity contribution in [2.45, 2.75) is 33.1 Å². The van der Waals surface area contributed by atoms with E-state index in [2.05, 4.69) is 32.2 Å². The van der Waals surface area contributed by atoms with Gasteiger partial charge in [-0.15, -0.1) is 0 Å². The number of hydrogen-bond donors (Lipinski definition) is 1. The van der Waals surface area contributed by atoms with Crippen LogP contribution >= 0.6 is 11.6 Å². The van der Waals surface area contributed by atoms with Crippen molar-refractivity contribution in [2.24, 2.45) is 11.3 Å². The van der Waals surface area contributed by atoms with Gasteiger partial charge in [-0.2, -0.15) is 5.26 Å². The average molecular weight is 297 g/mol. The molecule has 2 atom stereocenters. The molecule has 0 aliphatic carbocycles. The Morgan fingerprint density at radius 1 is 1.40 bits per heavy atom. The number of nitriles is 1. The van der Waals surface area contributed by atoms with E-state index in [1.807, 2.05) is 0 Å². The lowest BCUT2D eigenvalue weighted by molar-refractivity contribution is 0.297. The van der Waals surface area contributed by atoms with Gasteiger partial charge in [-0.05, 0) is 30.5 Å². The number of halogens is 2. The standard InChI is InChI=1S/C16H22ClFN2/c1-16(2,3)8-11(9-19)13(10-20-4)12-6-5-7-14(17)15(12)18/h5-7,11,13,20H,8,10H2,1-4H3. The molecule has 4 heteroatoms. The number of rotatable bonds is 5. The predicted octanol–water partition coefficient (Wildman–Crippen LogP) is 4.36. The second-order valence-electron chi connectivity index (χ2n) is 6.31. The molecule has 110 valence electrons. The second-order valence-corrected chi connectivity index (χ2v) is 6.71. The van der Waals surface area contributed by atoms with Crippen molar-refractivity contribution in [2.75, 3.05) is 13.6 Å². The zero-order valence-corrected chi connectivity index (χ0v) is 13.3. The largest absolute Gasteiger partial charge is 0.319 e. The fourth-order valence-electron chi connectivity index (χ4n) is 2.43. The van der Waals surface area contributed by atoms with Crippen LogP contribution in [0.2, 0.25) is 5.02 Å². The molecular formula is C16H22ClFN2. The van der Waals surface area contributed by atoms with Crippen LogP contribution in [-0.2, 0) is 0 Å². The van der Waals surface area contributed by atoms with Gasteiger partial charge >= 0.3 is 0 Å². The van der Waals surface area contributed by atoms with Crippen molar-refractivity contribution < 1.29 is 4.39 Å². The Bertz CT molecular complexity index is 488. The van der Waals surface area contributed by atoms with Gasteiger partial charge in [0.05, 0.1) is 17.0 Å². The summed E-state index contributed by atoms with van der Waals surface area (Å²) in [4.78, 5) is 0. The minimum absolute atomic E-state index is 0.0153. The SMILES string of the molecule is CNCC(c1cccc(Cl)c1F)C(C#N)CC(C)(C)C. The van der Waals surface area contributed by atoms with Crippen molar-refractivity contribution in [1.29, 1.82) is 5.26 Å². The highest BCUT2D eigenvalue weighted by Gasteiger charge is 2.29. The van der Waals surface area contributed by atoms with Crippen LogP contribution in [0.25, 0.3) is 0 Å². The molecule has 1 N–H and O–H groups in total. The number of hydrogen-bond acceptors (Lipinski definition) is 2. The van der Waals surface area contributed by atoms with Crippen LogP contribution in [0.1, 0.15) is 38.7 Å². The summed E-state index contributed by atoms with van der Waals surface area (Å²) >= 11 is 5.86. The molecule has 0 amide bonds. The highest BCUT2D eigenvalue weighted by atomic mass is 35.5. The Balaban J connectivity index is 3.15. The molecule has 1 aromatic carbocycles. The Morgan fingerprint density at radius 3 is 2.55 bits per heavy atom. The average Bonchev–Trinajstić information content (AvgIpc) is 2.36. The zero-order chi connectivity index (χ0) is 15.3. The highest BCUT2D eigenvalue weighted by Crippen LogP contribution is 2.36. The quantitative estimate of drug-likeness (QED) is 0.876. The lowest BCUT2D eigenvalue weighted by Gasteiger charge is -2.28. The zero-order valence-electron chi connectivity index (χ0n) is 12.5. The molecule has 0 saturated heterocycles. The molecule has 1 aromatic rings. The third-order valence-electron chi connectivity index (χ3n) is 3.29. The minimum atomic E-state index is -0.413. The van der Waals surface area contributed by atoms with Crippen molar-refractivity contribution in [1.82, 2.24) is 5.32 Å².